The lowest BCUT2D eigenvalue weighted by Crippen LogP contribution is -2.50. The molecule has 60 heavy (non-hydrogen) atoms. The van der Waals surface area contributed by atoms with Gasteiger partial charge in [0.15, 0.2) is 6.10 Å². The molecule has 0 aliphatic carbocycles. The van der Waals surface area contributed by atoms with Gasteiger partial charge in [-0.3, -0.25) is 18.9 Å². The second-order valence-electron chi connectivity index (χ2n) is 16.0. The number of aliphatic hydroxyl groups excluding tert-OH is 1. The zero-order chi connectivity index (χ0) is 44.4. The van der Waals surface area contributed by atoms with E-state index in [4.69, 9.17) is 29.0 Å². The van der Waals surface area contributed by atoms with Crippen LogP contribution in [0.4, 0.5) is 0 Å². The van der Waals surface area contributed by atoms with Crippen molar-refractivity contribution in [3.05, 3.63) is 24.3 Å². The second-order valence-corrected chi connectivity index (χ2v) is 17.4. The first-order valence-corrected chi connectivity index (χ1v) is 25.1. The van der Waals surface area contributed by atoms with Gasteiger partial charge in [-0.25, -0.2) is 0 Å². The zero-order valence-corrected chi connectivity index (χ0v) is 38.7. The van der Waals surface area contributed by atoms with E-state index < -0.39 is 63.8 Å². The van der Waals surface area contributed by atoms with Crippen molar-refractivity contribution < 1.29 is 57.9 Å². The van der Waals surface area contributed by atoms with Gasteiger partial charge in [0, 0.05) is 12.8 Å². The van der Waals surface area contributed by atoms with Crippen molar-refractivity contribution in [3.8, 4) is 0 Å². The van der Waals surface area contributed by atoms with Gasteiger partial charge in [-0.15, -0.1) is 0 Å². The first-order chi connectivity index (χ1) is 29.0. The molecule has 4 atom stereocenters. The molecule has 0 radical (unpaired) electrons. The van der Waals surface area contributed by atoms with Gasteiger partial charge in [0.25, 0.3) is 7.82 Å². The Bertz CT molecular complexity index is 1140. The van der Waals surface area contributed by atoms with Crippen molar-refractivity contribution in [2.45, 2.75) is 218 Å². The summed E-state index contributed by atoms with van der Waals surface area (Å²) in [7, 11) is -4.99. The van der Waals surface area contributed by atoms with Gasteiger partial charge >= 0.3 is 17.9 Å². The number of nitrogens with two attached hydrogens (primary N) is 1. The number of ether oxygens (including phenoxy) is 3. The standard InChI is InChI=1S/C46H87N2O11P/c1-3-5-7-9-11-13-15-17-18-20-21-23-25-27-29-34-44(50)55-39-42(59-45(51)35-30-28-26-24-22-19-16-14-12-10-8-6-4-2)40-58-60(53,54)57-38-41(49)37-56-46(52)43(48)33-31-32-36-47/h13-16,41-43,49H,3-12,17-40,47-48H2,1-2H3,(H,53,54)/b15-13-,16-14-. The molecule has 0 bridgehead atoms. The summed E-state index contributed by atoms with van der Waals surface area (Å²) in [6.45, 7) is 2.88. The average Bonchev–Trinajstić information content (AvgIpc) is 3.23. The number of quaternary nitrogens is 1. The molecular formula is C46H87N2O11P. The monoisotopic (exact) mass is 875 g/mol. The van der Waals surface area contributed by atoms with Gasteiger partial charge < -0.3 is 44.7 Å². The van der Waals surface area contributed by atoms with E-state index in [1.165, 1.54) is 77.0 Å². The minimum Gasteiger partial charge on any atom is -0.756 e. The number of hydrogen-bond donors (Lipinski definition) is 3. The predicted octanol–water partition coefficient (Wildman–Crippen LogP) is 8.88. The molecule has 4 unspecified atom stereocenters. The fraction of sp³-hybridized carbons (Fsp3) is 0.848. The first kappa shape index (κ1) is 57.9. The highest BCUT2D eigenvalue weighted by molar-refractivity contribution is 7.45. The molecule has 13 nitrogen and oxygen atoms in total. The Hall–Kier alpha value is -2.12. The van der Waals surface area contributed by atoms with E-state index in [1.807, 2.05) is 0 Å². The van der Waals surface area contributed by atoms with Gasteiger partial charge in [-0.1, -0.05) is 128 Å². The smallest absolute Gasteiger partial charge is 0.322 e. The van der Waals surface area contributed by atoms with Gasteiger partial charge in [0.1, 0.15) is 25.4 Å². The molecule has 0 saturated heterocycles. The molecule has 0 heterocycles. The Balaban J connectivity index is 4.68. The van der Waals surface area contributed by atoms with E-state index in [0.29, 0.717) is 25.7 Å². The van der Waals surface area contributed by atoms with Crippen LogP contribution in [0.25, 0.3) is 0 Å². The highest BCUT2D eigenvalue weighted by Crippen LogP contribution is 2.38. The van der Waals surface area contributed by atoms with E-state index in [0.717, 1.165) is 77.2 Å². The molecule has 0 aliphatic heterocycles. The molecule has 0 amide bonds. The summed E-state index contributed by atoms with van der Waals surface area (Å²) >= 11 is 0. The Kier molecular flexibility index (Phi) is 40.7. The molecule has 0 aromatic carbocycles. The molecule has 0 aliphatic rings. The maximum atomic E-state index is 12.7. The summed E-state index contributed by atoms with van der Waals surface area (Å²) in [5.74, 6) is -1.73. The quantitative estimate of drug-likeness (QED) is 0.0172. The number of aliphatic hydroxyl groups is 1. The highest BCUT2D eigenvalue weighted by atomic mass is 31.2. The fourth-order valence-electron chi connectivity index (χ4n) is 6.33. The molecule has 0 saturated carbocycles. The molecule has 6 N–H and O–H groups in total. The van der Waals surface area contributed by atoms with Crippen LogP contribution >= 0.6 is 7.82 Å². The lowest BCUT2D eigenvalue weighted by molar-refractivity contribution is -0.368. The van der Waals surface area contributed by atoms with E-state index in [2.05, 4.69) is 43.9 Å². The lowest BCUT2D eigenvalue weighted by atomic mass is 10.1. The van der Waals surface area contributed by atoms with Crippen LogP contribution in [0.15, 0.2) is 24.3 Å². The number of allylic oxidation sites excluding steroid dienone is 4. The van der Waals surface area contributed by atoms with Crippen LogP contribution in [0.1, 0.15) is 200 Å². The molecule has 0 fully saturated rings. The molecule has 352 valence electrons. The summed E-state index contributed by atoms with van der Waals surface area (Å²) < 4.78 is 38.1. The number of carbonyl (C=O) groups is 3. The summed E-state index contributed by atoms with van der Waals surface area (Å²) in [5, 5.41) is 10.1. The third kappa shape index (κ3) is 40.0. The van der Waals surface area contributed by atoms with Crippen molar-refractivity contribution in [1.82, 2.24) is 0 Å². The van der Waals surface area contributed by atoms with Crippen LogP contribution in [0.2, 0.25) is 0 Å². The average molecular weight is 875 g/mol. The predicted molar refractivity (Wildman–Crippen MR) is 237 cm³/mol. The van der Waals surface area contributed by atoms with Crippen molar-refractivity contribution in [2.75, 3.05) is 33.0 Å². The minimum atomic E-state index is -4.99. The number of phosphoric ester groups is 1. The summed E-state index contributed by atoms with van der Waals surface area (Å²) in [4.78, 5) is 49.8. The summed E-state index contributed by atoms with van der Waals surface area (Å²) in [5.41, 5.74) is 9.53. The third-order valence-electron chi connectivity index (χ3n) is 10.1. The molecular weight excluding hydrogens is 787 g/mol. The number of esters is 3. The largest absolute Gasteiger partial charge is 0.756 e. The topological polar surface area (TPSA) is 211 Å². The van der Waals surface area contributed by atoms with Crippen molar-refractivity contribution in [3.63, 3.8) is 0 Å². The van der Waals surface area contributed by atoms with E-state index >= 15 is 0 Å². The van der Waals surface area contributed by atoms with E-state index in [9.17, 15) is 28.9 Å². The molecule has 14 heteroatoms. The number of hydrogen-bond acceptors (Lipinski definition) is 12. The Morgan fingerprint density at radius 2 is 1.05 bits per heavy atom. The van der Waals surface area contributed by atoms with Crippen LogP contribution in [0.5, 0.6) is 0 Å². The number of phosphoric acid groups is 1. The van der Waals surface area contributed by atoms with Crippen LogP contribution in [-0.4, -0.2) is 74.2 Å². The molecule has 0 aromatic heterocycles. The summed E-state index contributed by atoms with van der Waals surface area (Å²) in [6.07, 6.45) is 35.4. The highest BCUT2D eigenvalue weighted by Gasteiger charge is 2.23. The molecule has 0 spiro atoms. The normalized spacial score (nSPS) is 14.3. The maximum absolute atomic E-state index is 12.7. The minimum absolute atomic E-state index is 0.133. The maximum Gasteiger partial charge on any atom is 0.322 e. The first-order valence-electron chi connectivity index (χ1n) is 23.7. The third-order valence-corrected chi connectivity index (χ3v) is 11.0. The van der Waals surface area contributed by atoms with Gasteiger partial charge in [0.2, 0.25) is 0 Å². The van der Waals surface area contributed by atoms with Crippen LogP contribution < -0.4 is 16.4 Å². The number of carbonyl (C=O) groups excluding carboxylic acids is 3. The Morgan fingerprint density at radius 3 is 1.55 bits per heavy atom. The zero-order valence-electron chi connectivity index (χ0n) is 37.8. The van der Waals surface area contributed by atoms with Crippen molar-refractivity contribution in [1.29, 1.82) is 0 Å². The van der Waals surface area contributed by atoms with E-state index in [-0.39, 0.29) is 19.4 Å². The molecule has 0 rings (SSSR count). The second kappa shape index (κ2) is 42.2. The fourth-order valence-corrected chi connectivity index (χ4v) is 7.11. The SMILES string of the molecule is CCCCCC/C=C\CCCCCCCCCC(=O)OCC(COP(=O)([O-])OCC(O)COC(=O)C(N)CCCC[NH3+])OC(=O)CCCCCCC/C=C\CCCCCC. The lowest BCUT2D eigenvalue weighted by Gasteiger charge is -2.26. The Labute approximate surface area is 364 Å². The van der Waals surface area contributed by atoms with Gasteiger partial charge in [-0.2, -0.15) is 0 Å². The number of rotatable bonds is 44. The van der Waals surface area contributed by atoms with E-state index in [1.54, 1.807) is 0 Å². The molecule has 0 aromatic rings. The summed E-state index contributed by atoms with van der Waals surface area (Å²) in [6, 6.07) is -0.864. The van der Waals surface area contributed by atoms with Gasteiger partial charge in [-0.05, 0) is 83.5 Å². The number of unbranched alkanes of at least 4 members (excludes halogenated alkanes) is 21. The van der Waals surface area contributed by atoms with Crippen molar-refractivity contribution in [2.24, 2.45) is 5.73 Å². The van der Waals surface area contributed by atoms with Crippen LogP contribution in [0, 0.1) is 0 Å². The Morgan fingerprint density at radius 1 is 0.600 bits per heavy atom. The van der Waals surface area contributed by atoms with Crippen LogP contribution in [-0.2, 0) is 42.2 Å². The van der Waals surface area contributed by atoms with Crippen molar-refractivity contribution >= 4 is 25.7 Å². The van der Waals surface area contributed by atoms with Gasteiger partial charge in [0.05, 0.1) is 19.8 Å². The van der Waals surface area contributed by atoms with Crippen LogP contribution in [0.3, 0.4) is 0 Å².